The first-order valence-corrected chi connectivity index (χ1v) is 21.8. The van der Waals surface area contributed by atoms with Gasteiger partial charge in [0.25, 0.3) is 0 Å². The van der Waals surface area contributed by atoms with Gasteiger partial charge in [0.05, 0.1) is 0 Å². The molecular weight excluding hydrogens is 477 g/mol. The maximum atomic E-state index is 12.8. The van der Waals surface area contributed by atoms with Gasteiger partial charge in [-0.15, -0.1) is 0 Å². The summed E-state index contributed by atoms with van der Waals surface area (Å²) < 4.78 is 11.7. The Morgan fingerprint density at radius 3 is 1.00 bits per heavy atom. The van der Waals surface area contributed by atoms with Crippen molar-refractivity contribution in [1.82, 2.24) is 0 Å². The van der Waals surface area contributed by atoms with Crippen molar-refractivity contribution in [2.75, 3.05) is 13.2 Å². The van der Waals surface area contributed by atoms with Crippen molar-refractivity contribution < 1.29 is 19.1 Å². The Labute approximate surface area is 176 Å². The van der Waals surface area contributed by atoms with Crippen LogP contribution in [0.2, 0.25) is 31.5 Å². The van der Waals surface area contributed by atoms with Crippen molar-refractivity contribution in [2.45, 2.75) is 86.9 Å². The molecule has 0 saturated carbocycles. The summed E-state index contributed by atoms with van der Waals surface area (Å²) >= 11 is -5.44. The standard InChI is InChI=1S/C20H40Ge2N2O4/c1-9-21(10-2,11-3)17(19(25)27-15-7)23-24-18(20(26)28-16-8)22(12-4,13-5)14-6/h9-16H2,1-8H3/b23-17+,24-18+. The van der Waals surface area contributed by atoms with E-state index in [0.717, 1.165) is 31.5 Å². The third-order valence-corrected chi connectivity index (χ3v) is 28.8. The van der Waals surface area contributed by atoms with E-state index in [9.17, 15) is 9.59 Å². The molecule has 0 fully saturated rings. The predicted octanol–water partition coefficient (Wildman–Crippen LogP) is 5.01. The first-order chi connectivity index (χ1) is 13.3. The Hall–Kier alpha value is -0.634. The second-order valence-electron chi connectivity index (χ2n) is 7.02. The Morgan fingerprint density at radius 1 is 0.571 bits per heavy atom. The Balaban J connectivity index is 6.61. The van der Waals surface area contributed by atoms with Crippen LogP contribution < -0.4 is 0 Å². The zero-order valence-corrected chi connectivity index (χ0v) is 23.4. The molecule has 0 amide bonds. The van der Waals surface area contributed by atoms with Gasteiger partial charge in [0.15, 0.2) is 0 Å². The number of hydrogen-bond acceptors (Lipinski definition) is 6. The van der Waals surface area contributed by atoms with Crippen molar-refractivity contribution in [3.8, 4) is 0 Å². The van der Waals surface area contributed by atoms with Crippen LogP contribution in [0, 0.1) is 0 Å². The Morgan fingerprint density at radius 2 is 0.821 bits per heavy atom. The molecule has 0 aliphatic carbocycles. The van der Waals surface area contributed by atoms with E-state index < -0.39 is 26.5 Å². The summed E-state index contributed by atoms with van der Waals surface area (Å²) in [5.74, 6) is -0.717. The van der Waals surface area contributed by atoms with Gasteiger partial charge in [-0.1, -0.05) is 0 Å². The molecule has 0 radical (unpaired) electrons. The van der Waals surface area contributed by atoms with Crippen LogP contribution in [0.15, 0.2) is 10.2 Å². The molecule has 0 aromatic carbocycles. The zero-order chi connectivity index (χ0) is 21.8. The first-order valence-electron chi connectivity index (χ1n) is 10.8. The van der Waals surface area contributed by atoms with Crippen LogP contribution in [-0.2, 0) is 19.1 Å². The SMILES string of the molecule is CCOC(=O)/[C](=N\N=[C](/C(=O)OCC)[Ge]([CH2]C)([CH2]C)[CH2]C)[Ge]([CH2]C)([CH2]C)[CH2]C. The van der Waals surface area contributed by atoms with E-state index in [1.807, 2.05) is 0 Å². The van der Waals surface area contributed by atoms with Crippen LogP contribution in [0.25, 0.3) is 0 Å². The van der Waals surface area contributed by atoms with Crippen molar-refractivity contribution in [3.63, 3.8) is 0 Å². The van der Waals surface area contributed by atoms with E-state index >= 15 is 0 Å². The van der Waals surface area contributed by atoms with Crippen LogP contribution in [-0.4, -0.2) is 60.8 Å². The van der Waals surface area contributed by atoms with E-state index in [-0.39, 0.29) is 11.9 Å². The predicted molar refractivity (Wildman–Crippen MR) is 123 cm³/mol. The molecule has 0 rings (SSSR count). The molecule has 0 heterocycles. The molecule has 28 heavy (non-hydrogen) atoms. The van der Waals surface area contributed by atoms with Gasteiger partial charge in [-0.25, -0.2) is 0 Å². The minimum absolute atomic E-state index is 0.308. The molecule has 0 atom stereocenters. The monoisotopic (exact) mass is 520 g/mol. The molecule has 0 aromatic heterocycles. The van der Waals surface area contributed by atoms with Gasteiger partial charge < -0.3 is 0 Å². The Bertz CT molecular complexity index is 502. The second kappa shape index (κ2) is 13.6. The van der Waals surface area contributed by atoms with Crippen molar-refractivity contribution in [2.24, 2.45) is 10.2 Å². The minimum atomic E-state index is -2.72. The number of carbonyl (C=O) groups is 2. The van der Waals surface area contributed by atoms with Gasteiger partial charge >= 0.3 is 177 Å². The summed E-state index contributed by atoms with van der Waals surface area (Å²) in [6, 6.07) is 0. The average Bonchev–Trinajstić information content (AvgIpc) is 2.71. The second-order valence-corrected chi connectivity index (χ2v) is 28.7. The zero-order valence-electron chi connectivity index (χ0n) is 19.2. The van der Waals surface area contributed by atoms with Crippen molar-refractivity contribution >= 4 is 47.6 Å². The number of hydrogen-bond donors (Lipinski definition) is 0. The fourth-order valence-electron chi connectivity index (χ4n) is 3.73. The summed E-state index contributed by atoms with van der Waals surface area (Å²) in [6.07, 6.45) is 0. The van der Waals surface area contributed by atoms with E-state index in [1.165, 1.54) is 0 Å². The maximum absolute atomic E-state index is 12.8. The third-order valence-electron chi connectivity index (χ3n) is 6.25. The summed E-state index contributed by atoms with van der Waals surface area (Å²) in [4.78, 5) is 25.5. The first kappa shape index (κ1) is 27.4. The molecular formula is C20H40Ge2N2O4. The van der Waals surface area contributed by atoms with Crippen molar-refractivity contribution in [3.05, 3.63) is 0 Å². The Kier molecular flexibility index (Phi) is 13.3. The summed E-state index contributed by atoms with van der Waals surface area (Å²) in [6.45, 7) is 17.0. The quantitative estimate of drug-likeness (QED) is 0.149. The number of ether oxygens (including phenoxy) is 2. The average molecular weight is 518 g/mol. The number of nitrogens with zero attached hydrogens (tertiary/aromatic N) is 2. The molecule has 0 saturated heterocycles. The molecule has 0 bridgehead atoms. The summed E-state index contributed by atoms with van der Waals surface area (Å²) in [5, 5.41) is 14.6. The van der Waals surface area contributed by atoms with Crippen LogP contribution in [0.3, 0.4) is 0 Å². The molecule has 8 heteroatoms. The summed E-state index contributed by atoms with van der Waals surface area (Å²) in [5.41, 5.74) is 0. The van der Waals surface area contributed by atoms with Crippen LogP contribution in [0.4, 0.5) is 0 Å². The van der Waals surface area contributed by atoms with Gasteiger partial charge in [0.2, 0.25) is 0 Å². The number of carbonyl (C=O) groups excluding carboxylic acids is 2. The van der Waals surface area contributed by atoms with Crippen LogP contribution in [0.5, 0.6) is 0 Å². The molecule has 162 valence electrons. The fourth-order valence-corrected chi connectivity index (χ4v) is 17.5. The van der Waals surface area contributed by atoms with Gasteiger partial charge in [-0.05, 0) is 0 Å². The van der Waals surface area contributed by atoms with E-state index in [2.05, 4.69) is 51.7 Å². The van der Waals surface area contributed by atoms with Gasteiger partial charge in [0.1, 0.15) is 0 Å². The molecule has 0 aliphatic rings. The van der Waals surface area contributed by atoms with Crippen LogP contribution in [0.1, 0.15) is 55.4 Å². The molecule has 6 nitrogen and oxygen atoms in total. The normalized spacial score (nSPS) is 13.4. The molecule has 0 N–H and O–H groups in total. The van der Waals surface area contributed by atoms with Gasteiger partial charge in [-0.2, -0.15) is 0 Å². The van der Waals surface area contributed by atoms with Crippen molar-refractivity contribution in [1.29, 1.82) is 0 Å². The topological polar surface area (TPSA) is 77.3 Å². The number of rotatable bonds is 13. The van der Waals surface area contributed by atoms with Gasteiger partial charge in [-0.3, -0.25) is 0 Å². The summed E-state index contributed by atoms with van der Waals surface area (Å²) in [7, 11) is 0. The fraction of sp³-hybridized carbons (Fsp3) is 0.800. The molecule has 0 spiro atoms. The van der Waals surface area contributed by atoms with Gasteiger partial charge in [0, 0.05) is 0 Å². The molecule has 0 aromatic rings. The molecule has 0 unspecified atom stereocenters. The van der Waals surface area contributed by atoms with E-state index in [4.69, 9.17) is 9.47 Å². The van der Waals surface area contributed by atoms with E-state index in [1.54, 1.807) is 13.8 Å². The third kappa shape index (κ3) is 6.44. The van der Waals surface area contributed by atoms with Crippen LogP contribution >= 0.6 is 0 Å². The molecule has 0 aliphatic heterocycles. The number of esters is 2. The van der Waals surface area contributed by atoms with E-state index in [0.29, 0.717) is 22.3 Å².